The van der Waals surface area contributed by atoms with Crippen LogP contribution in [0.1, 0.15) is 46.8 Å². The van der Waals surface area contributed by atoms with Crippen LogP contribution >= 0.6 is 22.9 Å². The van der Waals surface area contributed by atoms with Crippen molar-refractivity contribution < 1.29 is 13.2 Å². The largest absolute Gasteiger partial charge is 0.348 e. The summed E-state index contributed by atoms with van der Waals surface area (Å²) >= 11 is 7.40. The van der Waals surface area contributed by atoms with Crippen molar-refractivity contribution in [2.75, 3.05) is 13.1 Å². The van der Waals surface area contributed by atoms with Crippen LogP contribution in [0, 0.1) is 0 Å². The first-order valence-corrected chi connectivity index (χ1v) is 14.3. The van der Waals surface area contributed by atoms with Crippen LogP contribution in [0.25, 0.3) is 0 Å². The van der Waals surface area contributed by atoms with E-state index >= 15 is 0 Å². The Kier molecular flexibility index (Phi) is 6.31. The van der Waals surface area contributed by atoms with Crippen molar-refractivity contribution in [3.63, 3.8) is 0 Å². The van der Waals surface area contributed by atoms with Gasteiger partial charge < -0.3 is 5.32 Å². The lowest BCUT2D eigenvalue weighted by Gasteiger charge is -2.43. The molecule has 1 unspecified atom stereocenters. The third-order valence-corrected chi connectivity index (χ3v) is 10.9. The van der Waals surface area contributed by atoms with Gasteiger partial charge in [-0.05, 0) is 72.0 Å². The molecule has 0 bridgehead atoms. The number of rotatable bonds is 5. The van der Waals surface area contributed by atoms with Crippen LogP contribution < -0.4 is 5.32 Å². The first-order chi connectivity index (χ1) is 16.3. The smallest absolute Gasteiger partial charge is 0.252 e. The Labute approximate surface area is 209 Å². The van der Waals surface area contributed by atoms with E-state index in [0.29, 0.717) is 40.7 Å². The number of nitrogens with one attached hydrogen (secondary N) is 1. The third kappa shape index (κ3) is 3.98. The maximum atomic E-state index is 13.4. The fourth-order valence-corrected chi connectivity index (χ4v) is 8.35. The highest BCUT2D eigenvalue weighted by molar-refractivity contribution is 7.91. The van der Waals surface area contributed by atoms with Gasteiger partial charge in [0, 0.05) is 35.1 Å². The number of nitrogens with zero attached hydrogens (tertiary/aromatic N) is 1. The highest BCUT2D eigenvalue weighted by Gasteiger charge is 2.50. The molecular formula is C26H27ClN2O3S2. The Morgan fingerprint density at radius 2 is 1.91 bits per heavy atom. The minimum absolute atomic E-state index is 0.0932. The molecule has 1 N–H and O–H groups in total. The van der Waals surface area contributed by atoms with Gasteiger partial charge in [-0.2, -0.15) is 4.31 Å². The van der Waals surface area contributed by atoms with E-state index in [1.54, 1.807) is 34.0 Å². The minimum Gasteiger partial charge on any atom is -0.348 e. The zero-order chi connectivity index (χ0) is 23.9. The first kappa shape index (κ1) is 23.5. The van der Waals surface area contributed by atoms with Crippen molar-refractivity contribution >= 4 is 38.9 Å². The summed E-state index contributed by atoms with van der Waals surface area (Å²) in [6.45, 7) is 2.88. The predicted octanol–water partition coefficient (Wildman–Crippen LogP) is 5.04. The highest BCUT2D eigenvalue weighted by atomic mass is 35.5. The Morgan fingerprint density at radius 1 is 1.15 bits per heavy atom. The number of fused-ring (bicyclic) bond motifs is 2. The predicted molar refractivity (Wildman–Crippen MR) is 136 cm³/mol. The molecule has 8 heteroatoms. The molecule has 2 aliphatic rings. The molecule has 1 aromatic heterocycles. The zero-order valence-corrected chi connectivity index (χ0v) is 21.3. The normalized spacial score (nSPS) is 19.8. The van der Waals surface area contributed by atoms with Gasteiger partial charge in [-0.25, -0.2) is 8.42 Å². The molecule has 2 aromatic carbocycles. The summed E-state index contributed by atoms with van der Waals surface area (Å²) in [5.41, 5.74) is 3.75. The van der Waals surface area contributed by atoms with Crippen molar-refractivity contribution in [3.05, 3.63) is 87.3 Å². The summed E-state index contributed by atoms with van der Waals surface area (Å²) in [4.78, 5) is 13.4. The zero-order valence-electron chi connectivity index (χ0n) is 19.0. The molecule has 0 saturated carbocycles. The molecule has 2 heterocycles. The molecule has 0 radical (unpaired) electrons. The number of carbonyl (C=O) groups is 1. The van der Waals surface area contributed by atoms with Crippen molar-refractivity contribution in [2.24, 2.45) is 0 Å². The lowest BCUT2D eigenvalue weighted by Crippen LogP contribution is -2.54. The maximum absolute atomic E-state index is 13.4. The standard InChI is InChI=1S/C26H27ClN2O3S2/c1-2-18-16-20(27)9-10-21(18)25(30)28-23-17-19-6-3-4-7-22(19)26(23)11-13-29(14-12-26)34(31,32)24-8-5-15-33-24/h3-10,15-16,23H,2,11-14,17H2,1H3,(H,28,30). The molecule has 1 saturated heterocycles. The van der Waals surface area contributed by atoms with Gasteiger partial charge in [0.25, 0.3) is 15.9 Å². The van der Waals surface area contributed by atoms with Crippen LogP contribution in [-0.4, -0.2) is 37.8 Å². The van der Waals surface area contributed by atoms with Gasteiger partial charge in [-0.1, -0.05) is 48.9 Å². The first-order valence-electron chi connectivity index (χ1n) is 11.6. The Bertz CT molecular complexity index is 1310. The van der Waals surface area contributed by atoms with Crippen LogP contribution in [0.3, 0.4) is 0 Å². The number of amides is 1. The van der Waals surface area contributed by atoms with E-state index < -0.39 is 10.0 Å². The van der Waals surface area contributed by atoms with Crippen molar-refractivity contribution in [2.45, 2.75) is 48.3 Å². The molecule has 5 nitrogen and oxygen atoms in total. The number of piperidine rings is 1. The summed E-state index contributed by atoms with van der Waals surface area (Å²) in [7, 11) is -3.49. The molecular weight excluding hydrogens is 488 g/mol. The summed E-state index contributed by atoms with van der Waals surface area (Å²) in [6, 6.07) is 17.1. The number of thiophene rings is 1. The SMILES string of the molecule is CCc1cc(Cl)ccc1C(=O)NC1Cc2ccccc2C12CCN(S(=O)(=O)c1cccs1)CC2. The van der Waals surface area contributed by atoms with Gasteiger partial charge >= 0.3 is 0 Å². The number of hydrogen-bond donors (Lipinski definition) is 1. The van der Waals surface area contributed by atoms with Gasteiger partial charge in [0.15, 0.2) is 0 Å². The summed E-state index contributed by atoms with van der Waals surface area (Å²) < 4.78 is 28.2. The van der Waals surface area contributed by atoms with E-state index in [1.807, 2.05) is 25.1 Å². The van der Waals surface area contributed by atoms with Gasteiger partial charge in [-0.15, -0.1) is 11.3 Å². The quantitative estimate of drug-likeness (QED) is 0.518. The average molecular weight is 515 g/mol. The molecule has 5 rings (SSSR count). The number of benzene rings is 2. The van der Waals surface area contributed by atoms with Gasteiger partial charge in [0.2, 0.25) is 0 Å². The number of hydrogen-bond acceptors (Lipinski definition) is 4. The second-order valence-corrected chi connectivity index (χ2v) is 12.6. The molecule has 1 aliphatic heterocycles. The number of halogens is 1. The molecule has 1 fully saturated rings. The van der Waals surface area contributed by atoms with Gasteiger partial charge in [0.1, 0.15) is 4.21 Å². The van der Waals surface area contributed by atoms with E-state index in [-0.39, 0.29) is 17.4 Å². The van der Waals surface area contributed by atoms with E-state index in [4.69, 9.17) is 11.6 Å². The van der Waals surface area contributed by atoms with E-state index in [0.717, 1.165) is 18.4 Å². The summed E-state index contributed by atoms with van der Waals surface area (Å²) in [6.07, 6.45) is 2.80. The van der Waals surface area contributed by atoms with Crippen molar-refractivity contribution in [1.29, 1.82) is 0 Å². The molecule has 1 aliphatic carbocycles. The second-order valence-electron chi connectivity index (χ2n) is 9.03. The molecule has 3 aromatic rings. The van der Waals surface area contributed by atoms with Gasteiger partial charge in [0.05, 0.1) is 0 Å². The van der Waals surface area contributed by atoms with Crippen LogP contribution in [0.4, 0.5) is 0 Å². The Morgan fingerprint density at radius 3 is 2.62 bits per heavy atom. The second kappa shape index (κ2) is 9.11. The molecule has 178 valence electrons. The van der Waals surface area contributed by atoms with E-state index in [1.165, 1.54) is 22.5 Å². The van der Waals surface area contributed by atoms with E-state index in [2.05, 4.69) is 17.4 Å². The maximum Gasteiger partial charge on any atom is 0.252 e. The minimum atomic E-state index is -3.49. The topological polar surface area (TPSA) is 66.5 Å². The molecule has 1 atom stereocenters. The number of aryl methyl sites for hydroxylation is 1. The summed E-state index contributed by atoms with van der Waals surface area (Å²) in [5.74, 6) is -0.0978. The number of carbonyl (C=O) groups excluding carboxylic acids is 1. The average Bonchev–Trinajstić information content (AvgIpc) is 3.48. The van der Waals surface area contributed by atoms with Crippen molar-refractivity contribution in [3.8, 4) is 0 Å². The lowest BCUT2D eigenvalue weighted by atomic mass is 9.71. The van der Waals surface area contributed by atoms with Crippen LogP contribution in [-0.2, 0) is 28.3 Å². The number of sulfonamides is 1. The Hall–Kier alpha value is -2.19. The van der Waals surface area contributed by atoms with Crippen LogP contribution in [0.2, 0.25) is 5.02 Å². The van der Waals surface area contributed by atoms with E-state index in [9.17, 15) is 13.2 Å². The van der Waals surface area contributed by atoms with Crippen LogP contribution in [0.5, 0.6) is 0 Å². The van der Waals surface area contributed by atoms with Crippen LogP contribution in [0.15, 0.2) is 64.2 Å². The van der Waals surface area contributed by atoms with Gasteiger partial charge in [-0.3, -0.25) is 4.79 Å². The fourth-order valence-electron chi connectivity index (χ4n) is 5.57. The van der Waals surface area contributed by atoms with Crippen molar-refractivity contribution in [1.82, 2.24) is 9.62 Å². The monoisotopic (exact) mass is 514 g/mol. The fraction of sp³-hybridized carbons (Fsp3) is 0.346. The molecule has 1 amide bonds. The molecule has 34 heavy (non-hydrogen) atoms. The molecule has 1 spiro atoms. The Balaban J connectivity index is 1.42. The highest BCUT2D eigenvalue weighted by Crippen LogP contribution is 2.47. The lowest BCUT2D eigenvalue weighted by molar-refractivity contribution is 0.0896. The summed E-state index contributed by atoms with van der Waals surface area (Å²) in [5, 5.41) is 5.74. The third-order valence-electron chi connectivity index (χ3n) is 7.35.